The first-order chi connectivity index (χ1) is 19.0. The minimum Gasteiger partial charge on any atom is -0.480 e. The number of para-hydroxylation sites is 1. The maximum atomic E-state index is 13.2. The van der Waals surface area contributed by atoms with Crippen molar-refractivity contribution in [3.05, 3.63) is 36.0 Å². The first kappa shape index (κ1) is 32.2. The van der Waals surface area contributed by atoms with Crippen molar-refractivity contribution in [1.82, 2.24) is 20.9 Å². The summed E-state index contributed by atoms with van der Waals surface area (Å²) < 4.78 is 0. The fourth-order valence-electron chi connectivity index (χ4n) is 4.27. The number of carboxylic acid groups (broad SMARTS) is 1. The van der Waals surface area contributed by atoms with Gasteiger partial charge in [-0.05, 0) is 36.9 Å². The van der Waals surface area contributed by atoms with Crippen LogP contribution in [0.3, 0.4) is 0 Å². The average molecular weight is 560 g/mol. The number of fused-ring (bicyclic) bond motifs is 1. The minimum absolute atomic E-state index is 0.0457. The van der Waals surface area contributed by atoms with E-state index in [1.54, 1.807) is 13.1 Å². The highest BCUT2D eigenvalue weighted by atomic mass is 16.4. The van der Waals surface area contributed by atoms with Gasteiger partial charge in [0.15, 0.2) is 0 Å². The Morgan fingerprint density at radius 2 is 1.65 bits per heavy atom. The maximum Gasteiger partial charge on any atom is 0.326 e. The van der Waals surface area contributed by atoms with Gasteiger partial charge in [-0.2, -0.15) is 0 Å². The van der Waals surface area contributed by atoms with E-state index < -0.39 is 60.2 Å². The molecule has 5 atom stereocenters. The van der Waals surface area contributed by atoms with E-state index in [0.717, 1.165) is 10.9 Å². The summed E-state index contributed by atoms with van der Waals surface area (Å²) in [4.78, 5) is 65.9. The van der Waals surface area contributed by atoms with E-state index in [0.29, 0.717) is 37.8 Å². The largest absolute Gasteiger partial charge is 0.480 e. The molecule has 2 aromatic rings. The zero-order valence-corrected chi connectivity index (χ0v) is 22.9. The summed E-state index contributed by atoms with van der Waals surface area (Å²) in [6.07, 6.45) is 3.30. The Morgan fingerprint density at radius 3 is 2.27 bits per heavy atom. The van der Waals surface area contributed by atoms with E-state index in [9.17, 15) is 29.1 Å². The van der Waals surface area contributed by atoms with Crippen molar-refractivity contribution < 1.29 is 29.1 Å². The average Bonchev–Trinajstić information content (AvgIpc) is 3.32. The third kappa shape index (κ3) is 9.35. The van der Waals surface area contributed by atoms with Crippen LogP contribution < -0.4 is 33.2 Å². The molecule has 0 bridgehead atoms. The van der Waals surface area contributed by atoms with Crippen LogP contribution >= 0.6 is 0 Å². The van der Waals surface area contributed by atoms with Gasteiger partial charge in [0.1, 0.15) is 18.1 Å². The topological polar surface area (TPSA) is 236 Å². The predicted octanol–water partition coefficient (Wildman–Crippen LogP) is -0.373. The Labute approximate surface area is 233 Å². The van der Waals surface area contributed by atoms with Crippen molar-refractivity contribution in [3.8, 4) is 0 Å². The summed E-state index contributed by atoms with van der Waals surface area (Å²) in [6.45, 7) is 4.05. The third-order valence-corrected chi connectivity index (χ3v) is 6.85. The highest BCUT2D eigenvalue weighted by Crippen LogP contribution is 2.19. The highest BCUT2D eigenvalue weighted by molar-refractivity contribution is 5.96. The molecule has 4 amide bonds. The van der Waals surface area contributed by atoms with E-state index in [1.165, 1.54) is 0 Å². The SMILES string of the molecule is CCC(C)C(NC(=O)C(N)CCCCN)C(=O)NC(CC(N)=O)C(=O)NC(Cc1c[nH]c2ccccc12)C(=O)O. The first-order valence-corrected chi connectivity index (χ1v) is 13.4. The molecule has 0 fully saturated rings. The van der Waals surface area contributed by atoms with Crippen molar-refractivity contribution in [3.63, 3.8) is 0 Å². The van der Waals surface area contributed by atoms with E-state index >= 15 is 0 Å². The second-order valence-electron chi connectivity index (χ2n) is 9.96. The number of aromatic nitrogens is 1. The number of amides is 4. The molecule has 11 N–H and O–H groups in total. The number of aliphatic carboxylic acids is 1. The van der Waals surface area contributed by atoms with Crippen LogP contribution in [0.1, 0.15) is 51.5 Å². The van der Waals surface area contributed by atoms with Crippen LogP contribution in [0.25, 0.3) is 10.9 Å². The number of carboxylic acids is 1. The van der Waals surface area contributed by atoms with Crippen LogP contribution in [0.5, 0.6) is 0 Å². The second kappa shape index (κ2) is 15.6. The van der Waals surface area contributed by atoms with Gasteiger partial charge in [0.2, 0.25) is 23.6 Å². The van der Waals surface area contributed by atoms with Crippen molar-refractivity contribution in [1.29, 1.82) is 0 Å². The summed E-state index contributed by atoms with van der Waals surface area (Å²) in [7, 11) is 0. The summed E-state index contributed by atoms with van der Waals surface area (Å²) in [6, 6.07) is 2.59. The lowest BCUT2D eigenvalue weighted by Crippen LogP contribution is -2.59. The summed E-state index contributed by atoms with van der Waals surface area (Å²) in [5, 5.41) is 18.1. The van der Waals surface area contributed by atoms with E-state index in [-0.39, 0.29) is 12.3 Å². The van der Waals surface area contributed by atoms with Crippen LogP contribution in [0.4, 0.5) is 0 Å². The van der Waals surface area contributed by atoms with Crippen molar-refractivity contribution in [2.45, 2.75) is 76.5 Å². The zero-order valence-electron chi connectivity index (χ0n) is 22.9. The van der Waals surface area contributed by atoms with Crippen molar-refractivity contribution in [2.75, 3.05) is 6.54 Å². The van der Waals surface area contributed by atoms with E-state index in [1.807, 2.05) is 31.2 Å². The standard InChI is InChI=1S/C27H41N7O6/c1-3-15(2)23(34-24(36)18(29)9-6-7-11-28)26(38)32-20(13-22(30)35)25(37)33-21(27(39)40)12-16-14-31-19-10-5-4-8-17(16)19/h4-5,8,10,14-15,18,20-21,23,31H,3,6-7,9,11-13,28-29H2,1-2H3,(H2,30,35)(H,32,38)(H,33,37)(H,34,36)(H,39,40). The zero-order chi connectivity index (χ0) is 29.8. The monoisotopic (exact) mass is 559 g/mol. The highest BCUT2D eigenvalue weighted by Gasteiger charge is 2.33. The number of aromatic amines is 1. The summed E-state index contributed by atoms with van der Waals surface area (Å²) >= 11 is 0. The van der Waals surface area contributed by atoms with Crippen LogP contribution in [-0.2, 0) is 30.4 Å². The molecular formula is C27H41N7O6. The van der Waals surface area contributed by atoms with Gasteiger partial charge in [-0.25, -0.2) is 4.79 Å². The Kier molecular flexibility index (Phi) is 12.6. The Balaban J connectivity index is 2.16. The van der Waals surface area contributed by atoms with Gasteiger partial charge < -0.3 is 43.2 Å². The number of primary amides is 1. The molecule has 5 unspecified atom stereocenters. The molecular weight excluding hydrogens is 518 g/mol. The molecule has 2 rings (SSSR count). The predicted molar refractivity (Wildman–Crippen MR) is 150 cm³/mol. The number of hydrogen-bond donors (Lipinski definition) is 8. The fraction of sp³-hybridized carbons (Fsp3) is 0.519. The minimum atomic E-state index is -1.46. The van der Waals surface area contributed by atoms with Crippen LogP contribution in [0.15, 0.2) is 30.5 Å². The van der Waals surface area contributed by atoms with Crippen LogP contribution in [0, 0.1) is 5.92 Å². The summed E-state index contributed by atoms with van der Waals surface area (Å²) in [5.41, 5.74) is 18.3. The number of carbonyl (C=O) groups excluding carboxylic acids is 4. The molecule has 0 spiro atoms. The molecule has 13 heteroatoms. The Morgan fingerprint density at radius 1 is 0.975 bits per heavy atom. The molecule has 1 aromatic heterocycles. The lowest BCUT2D eigenvalue weighted by atomic mass is 9.96. The number of nitrogens with two attached hydrogens (primary N) is 3. The van der Waals surface area contributed by atoms with Gasteiger partial charge in [0.25, 0.3) is 0 Å². The summed E-state index contributed by atoms with van der Waals surface area (Å²) in [5.74, 6) is -4.66. The molecule has 0 radical (unpaired) electrons. The van der Waals surface area contributed by atoms with Crippen LogP contribution in [-0.4, -0.2) is 70.4 Å². The van der Waals surface area contributed by atoms with Gasteiger partial charge >= 0.3 is 5.97 Å². The van der Waals surface area contributed by atoms with Crippen molar-refractivity contribution >= 4 is 40.5 Å². The smallest absolute Gasteiger partial charge is 0.326 e. The molecule has 1 aromatic carbocycles. The molecule has 1 heterocycles. The van der Waals surface area contributed by atoms with Gasteiger partial charge in [0.05, 0.1) is 12.5 Å². The van der Waals surface area contributed by atoms with Gasteiger partial charge in [-0.1, -0.05) is 44.9 Å². The lowest BCUT2D eigenvalue weighted by molar-refractivity contribution is -0.142. The lowest BCUT2D eigenvalue weighted by Gasteiger charge is -2.27. The molecule has 220 valence electrons. The molecule has 0 aliphatic carbocycles. The van der Waals surface area contributed by atoms with Gasteiger partial charge in [0, 0.05) is 23.5 Å². The molecule has 13 nitrogen and oxygen atoms in total. The van der Waals surface area contributed by atoms with Crippen LogP contribution in [0.2, 0.25) is 0 Å². The molecule has 0 saturated carbocycles. The maximum absolute atomic E-state index is 13.2. The number of unbranched alkanes of at least 4 members (excludes halogenated alkanes) is 1. The number of nitrogens with one attached hydrogen (secondary N) is 4. The molecule has 40 heavy (non-hydrogen) atoms. The van der Waals surface area contributed by atoms with Gasteiger partial charge in [-0.3, -0.25) is 19.2 Å². The first-order valence-electron chi connectivity index (χ1n) is 13.4. The molecule has 0 saturated heterocycles. The van der Waals surface area contributed by atoms with E-state index in [2.05, 4.69) is 20.9 Å². The Hall–Kier alpha value is -3.97. The van der Waals surface area contributed by atoms with Crippen molar-refractivity contribution in [2.24, 2.45) is 23.1 Å². The number of carbonyl (C=O) groups is 5. The molecule has 0 aliphatic rings. The number of H-pyrrole nitrogens is 1. The van der Waals surface area contributed by atoms with Gasteiger partial charge in [-0.15, -0.1) is 0 Å². The number of benzene rings is 1. The Bertz CT molecular complexity index is 1180. The quantitative estimate of drug-likeness (QED) is 0.119. The third-order valence-electron chi connectivity index (χ3n) is 6.85. The fourth-order valence-corrected chi connectivity index (χ4v) is 4.27. The molecule has 0 aliphatic heterocycles. The second-order valence-corrected chi connectivity index (χ2v) is 9.96. The normalized spacial score (nSPS) is 14.9. The number of rotatable bonds is 17. The van der Waals surface area contributed by atoms with E-state index in [4.69, 9.17) is 17.2 Å². The number of hydrogen-bond acceptors (Lipinski definition) is 7.